The van der Waals surface area contributed by atoms with Crippen molar-refractivity contribution in [2.75, 3.05) is 6.61 Å². The molecule has 5 atom stereocenters. The van der Waals surface area contributed by atoms with Gasteiger partial charge < -0.3 is 25.2 Å². The van der Waals surface area contributed by atoms with Crippen molar-refractivity contribution in [3.8, 4) is 0 Å². The smallest absolute Gasteiger partial charge is 0.297 e. The van der Waals surface area contributed by atoms with Crippen molar-refractivity contribution in [1.29, 1.82) is 0 Å². The van der Waals surface area contributed by atoms with Crippen LogP contribution >= 0.6 is 0 Å². The molecule has 1 aromatic carbocycles. The number of rotatable bonds is 4. The predicted molar refractivity (Wildman–Crippen MR) is 73.2 cm³/mol. The van der Waals surface area contributed by atoms with Gasteiger partial charge in [0.1, 0.15) is 24.4 Å². The van der Waals surface area contributed by atoms with Crippen LogP contribution in [0.15, 0.2) is 29.2 Å². The molecule has 0 aliphatic carbocycles. The van der Waals surface area contributed by atoms with Gasteiger partial charge in [0.15, 0.2) is 6.29 Å². The topological polar surface area (TPSA) is 134 Å². The molecule has 0 bridgehead atoms. The van der Waals surface area contributed by atoms with Gasteiger partial charge in [-0.25, -0.2) is 0 Å². The second kappa shape index (κ2) is 6.59. The van der Waals surface area contributed by atoms with Crippen LogP contribution in [0.3, 0.4) is 0 Å². The first-order valence-corrected chi connectivity index (χ1v) is 7.97. The standard InChI is InChI=1S/C13H18O8S/c1-7-2-4-8(5-3-7)22(18,19)20-6-9-10(14)11(15)12(16)13(17)21-9/h2-5,9-17H,6H2,1H3/t9?,10?,11?,12?,13-/m1/s1. The van der Waals surface area contributed by atoms with Gasteiger partial charge in [-0.1, -0.05) is 17.7 Å². The summed E-state index contributed by atoms with van der Waals surface area (Å²) in [5.74, 6) is 0. The SMILES string of the molecule is Cc1ccc(S(=O)(=O)OCC2O[C@@H](O)C(O)C(O)C2O)cc1. The van der Waals surface area contributed by atoms with Crippen LogP contribution in [0.1, 0.15) is 5.56 Å². The molecule has 1 fully saturated rings. The van der Waals surface area contributed by atoms with E-state index < -0.39 is 47.4 Å². The number of ether oxygens (including phenoxy) is 1. The Morgan fingerprint density at radius 1 is 1.05 bits per heavy atom. The molecule has 0 amide bonds. The van der Waals surface area contributed by atoms with Crippen LogP contribution < -0.4 is 0 Å². The fourth-order valence-electron chi connectivity index (χ4n) is 2.00. The quantitative estimate of drug-likeness (QED) is 0.489. The van der Waals surface area contributed by atoms with Crippen LogP contribution in [0.5, 0.6) is 0 Å². The minimum absolute atomic E-state index is 0.0652. The number of benzene rings is 1. The average Bonchev–Trinajstić information content (AvgIpc) is 2.48. The summed E-state index contributed by atoms with van der Waals surface area (Å²) in [5.41, 5.74) is 0.880. The molecule has 2 rings (SSSR count). The normalized spacial score (nSPS) is 32.9. The highest BCUT2D eigenvalue weighted by Gasteiger charge is 2.43. The summed E-state index contributed by atoms with van der Waals surface area (Å²) in [6, 6.07) is 5.95. The van der Waals surface area contributed by atoms with Crippen LogP contribution in [0.2, 0.25) is 0 Å². The lowest BCUT2D eigenvalue weighted by atomic mass is 10.00. The van der Waals surface area contributed by atoms with E-state index in [1.807, 2.05) is 0 Å². The molecule has 0 aromatic heterocycles. The predicted octanol–water partition coefficient (Wildman–Crippen LogP) is -1.50. The van der Waals surface area contributed by atoms with E-state index >= 15 is 0 Å². The van der Waals surface area contributed by atoms with Gasteiger partial charge in [-0.2, -0.15) is 8.42 Å². The Labute approximate surface area is 127 Å². The van der Waals surface area contributed by atoms with Gasteiger partial charge in [-0.15, -0.1) is 0 Å². The van der Waals surface area contributed by atoms with Gasteiger partial charge >= 0.3 is 0 Å². The minimum Gasteiger partial charge on any atom is -0.387 e. The van der Waals surface area contributed by atoms with E-state index in [0.29, 0.717) is 0 Å². The zero-order chi connectivity index (χ0) is 16.5. The monoisotopic (exact) mass is 334 g/mol. The van der Waals surface area contributed by atoms with Crippen LogP contribution in [-0.2, 0) is 19.0 Å². The van der Waals surface area contributed by atoms with Crippen molar-refractivity contribution in [2.45, 2.75) is 42.5 Å². The van der Waals surface area contributed by atoms with E-state index in [2.05, 4.69) is 0 Å². The van der Waals surface area contributed by atoms with Gasteiger partial charge in [0, 0.05) is 0 Å². The molecule has 1 heterocycles. The molecule has 0 saturated carbocycles. The molecule has 4 unspecified atom stereocenters. The third kappa shape index (κ3) is 3.63. The maximum absolute atomic E-state index is 12.0. The number of aliphatic hydroxyl groups excluding tert-OH is 4. The van der Waals surface area contributed by atoms with Crippen molar-refractivity contribution >= 4 is 10.1 Å². The number of aliphatic hydroxyl groups is 4. The molecule has 9 heteroatoms. The molecule has 4 N–H and O–H groups in total. The van der Waals surface area contributed by atoms with Crippen LogP contribution in [0, 0.1) is 6.92 Å². The van der Waals surface area contributed by atoms with E-state index in [9.17, 15) is 28.8 Å². The third-order valence-electron chi connectivity index (χ3n) is 3.38. The van der Waals surface area contributed by atoms with Crippen molar-refractivity contribution in [2.24, 2.45) is 0 Å². The number of aryl methyl sites for hydroxylation is 1. The minimum atomic E-state index is -4.07. The van der Waals surface area contributed by atoms with Gasteiger partial charge in [0.25, 0.3) is 10.1 Å². The van der Waals surface area contributed by atoms with E-state index in [1.165, 1.54) is 12.1 Å². The first-order chi connectivity index (χ1) is 10.2. The molecule has 1 saturated heterocycles. The Kier molecular flexibility index (Phi) is 5.17. The van der Waals surface area contributed by atoms with E-state index in [4.69, 9.17) is 8.92 Å². The molecule has 124 valence electrons. The van der Waals surface area contributed by atoms with Gasteiger partial charge in [-0.3, -0.25) is 4.18 Å². The first-order valence-electron chi connectivity index (χ1n) is 6.56. The molecule has 0 spiro atoms. The molecule has 1 aliphatic heterocycles. The zero-order valence-electron chi connectivity index (χ0n) is 11.7. The van der Waals surface area contributed by atoms with Crippen LogP contribution in [0.4, 0.5) is 0 Å². The number of hydrogen-bond acceptors (Lipinski definition) is 8. The molecule has 22 heavy (non-hydrogen) atoms. The highest BCUT2D eigenvalue weighted by molar-refractivity contribution is 7.86. The Hall–Kier alpha value is -1.07. The van der Waals surface area contributed by atoms with Gasteiger partial charge in [-0.05, 0) is 19.1 Å². The van der Waals surface area contributed by atoms with Crippen LogP contribution in [-0.4, -0.2) is 66.2 Å². The average molecular weight is 334 g/mol. The number of hydrogen-bond donors (Lipinski definition) is 4. The van der Waals surface area contributed by atoms with Crippen molar-refractivity contribution in [3.05, 3.63) is 29.8 Å². The lowest BCUT2D eigenvalue weighted by molar-refractivity contribution is -0.285. The largest absolute Gasteiger partial charge is 0.387 e. The molecule has 1 aromatic rings. The summed E-state index contributed by atoms with van der Waals surface area (Å²) in [4.78, 5) is -0.0652. The highest BCUT2D eigenvalue weighted by Crippen LogP contribution is 2.21. The van der Waals surface area contributed by atoms with Crippen molar-refractivity contribution in [1.82, 2.24) is 0 Å². The Bertz CT molecular complexity index is 599. The Morgan fingerprint density at radius 2 is 1.64 bits per heavy atom. The van der Waals surface area contributed by atoms with Crippen molar-refractivity contribution < 1.29 is 37.8 Å². The molecule has 1 aliphatic rings. The molecular weight excluding hydrogens is 316 g/mol. The Morgan fingerprint density at radius 3 is 2.23 bits per heavy atom. The third-order valence-corrected chi connectivity index (χ3v) is 4.68. The highest BCUT2D eigenvalue weighted by atomic mass is 32.2. The van der Waals surface area contributed by atoms with E-state index in [1.54, 1.807) is 19.1 Å². The second-order valence-corrected chi connectivity index (χ2v) is 6.70. The van der Waals surface area contributed by atoms with Crippen molar-refractivity contribution in [3.63, 3.8) is 0 Å². The fraction of sp³-hybridized carbons (Fsp3) is 0.538. The first kappa shape index (κ1) is 17.3. The fourth-order valence-corrected chi connectivity index (χ4v) is 2.92. The lowest BCUT2D eigenvalue weighted by Gasteiger charge is -2.37. The summed E-state index contributed by atoms with van der Waals surface area (Å²) in [7, 11) is -4.07. The Balaban J connectivity index is 2.04. The molecule has 8 nitrogen and oxygen atoms in total. The summed E-state index contributed by atoms with van der Waals surface area (Å²) < 4.78 is 33.6. The lowest BCUT2D eigenvalue weighted by Crippen LogP contribution is -2.58. The van der Waals surface area contributed by atoms with Crippen LogP contribution in [0.25, 0.3) is 0 Å². The zero-order valence-corrected chi connectivity index (χ0v) is 12.5. The maximum atomic E-state index is 12.0. The second-order valence-electron chi connectivity index (χ2n) is 5.09. The summed E-state index contributed by atoms with van der Waals surface area (Å²) in [6.45, 7) is 1.19. The van der Waals surface area contributed by atoms with Gasteiger partial charge in [0.2, 0.25) is 0 Å². The van der Waals surface area contributed by atoms with Gasteiger partial charge in [0.05, 0.1) is 11.5 Å². The summed E-state index contributed by atoms with van der Waals surface area (Å²) in [6.07, 6.45) is -7.98. The maximum Gasteiger partial charge on any atom is 0.297 e. The summed E-state index contributed by atoms with van der Waals surface area (Å²) in [5, 5.41) is 37.9. The van der Waals surface area contributed by atoms with E-state index in [-0.39, 0.29) is 4.90 Å². The van der Waals surface area contributed by atoms with E-state index in [0.717, 1.165) is 5.56 Å². The summed E-state index contributed by atoms with van der Waals surface area (Å²) >= 11 is 0. The molecule has 0 radical (unpaired) electrons. The molecular formula is C13H18O8S.